The van der Waals surface area contributed by atoms with Gasteiger partial charge in [0.2, 0.25) is 0 Å². The molecule has 0 heterocycles. The highest BCUT2D eigenvalue weighted by Gasteiger charge is 2.20. The lowest BCUT2D eigenvalue weighted by Crippen LogP contribution is -2.25. The SMILES string of the molecule is CCC(C)OP(=O)(O)CCNCCN. The van der Waals surface area contributed by atoms with Gasteiger partial charge in [-0.05, 0) is 13.3 Å². The van der Waals surface area contributed by atoms with Crippen molar-refractivity contribution in [2.24, 2.45) is 5.73 Å². The third-order valence-corrected chi connectivity index (χ3v) is 3.29. The zero-order chi connectivity index (χ0) is 11.0. The first kappa shape index (κ1) is 14.1. The third kappa shape index (κ3) is 7.47. The van der Waals surface area contributed by atoms with Gasteiger partial charge in [0.25, 0.3) is 0 Å². The zero-order valence-electron chi connectivity index (χ0n) is 8.90. The molecule has 0 aliphatic carbocycles. The molecule has 0 rings (SSSR count). The molecule has 2 atom stereocenters. The van der Waals surface area contributed by atoms with Crippen LogP contribution in [0.3, 0.4) is 0 Å². The Hall–Kier alpha value is 0.0700. The molecule has 6 heteroatoms. The van der Waals surface area contributed by atoms with E-state index in [0.29, 0.717) is 19.6 Å². The van der Waals surface area contributed by atoms with Crippen LogP contribution in [0, 0.1) is 0 Å². The fraction of sp³-hybridized carbons (Fsp3) is 1.00. The quantitative estimate of drug-likeness (QED) is 0.414. The predicted octanol–water partition coefficient (Wildman–Crippen LogP) is 0.535. The molecule has 2 unspecified atom stereocenters. The van der Waals surface area contributed by atoms with E-state index in [1.807, 2.05) is 6.92 Å². The van der Waals surface area contributed by atoms with E-state index < -0.39 is 7.60 Å². The molecule has 0 aliphatic rings. The minimum absolute atomic E-state index is 0.136. The summed E-state index contributed by atoms with van der Waals surface area (Å²) in [5, 5.41) is 2.95. The smallest absolute Gasteiger partial charge is 0.329 e. The van der Waals surface area contributed by atoms with Crippen LogP contribution < -0.4 is 11.1 Å². The molecule has 0 saturated heterocycles. The van der Waals surface area contributed by atoms with E-state index in [1.54, 1.807) is 6.92 Å². The van der Waals surface area contributed by atoms with E-state index in [0.717, 1.165) is 6.42 Å². The summed E-state index contributed by atoms with van der Waals surface area (Å²) in [6.07, 6.45) is 0.707. The second-order valence-electron chi connectivity index (χ2n) is 3.22. The largest absolute Gasteiger partial charge is 0.329 e. The molecule has 4 N–H and O–H groups in total. The Bertz CT molecular complexity index is 189. The normalized spacial score (nSPS) is 17.7. The van der Waals surface area contributed by atoms with Crippen LogP contribution in [0.15, 0.2) is 0 Å². The minimum Gasteiger partial charge on any atom is -0.329 e. The van der Waals surface area contributed by atoms with Gasteiger partial charge in [-0.1, -0.05) is 6.92 Å². The second kappa shape index (κ2) is 7.37. The van der Waals surface area contributed by atoms with Gasteiger partial charge in [0.1, 0.15) is 0 Å². The summed E-state index contributed by atoms with van der Waals surface area (Å²) in [4.78, 5) is 9.38. The van der Waals surface area contributed by atoms with Crippen LogP contribution in [0.5, 0.6) is 0 Å². The first-order valence-corrected chi connectivity index (χ1v) is 6.69. The molecule has 14 heavy (non-hydrogen) atoms. The predicted molar refractivity (Wildman–Crippen MR) is 57.5 cm³/mol. The van der Waals surface area contributed by atoms with Crippen molar-refractivity contribution in [1.82, 2.24) is 5.32 Å². The van der Waals surface area contributed by atoms with Crippen LogP contribution in [0.1, 0.15) is 20.3 Å². The topological polar surface area (TPSA) is 84.6 Å². The van der Waals surface area contributed by atoms with Crippen molar-refractivity contribution < 1.29 is 14.0 Å². The van der Waals surface area contributed by atoms with Gasteiger partial charge >= 0.3 is 7.60 Å². The number of hydrogen-bond acceptors (Lipinski definition) is 4. The van der Waals surface area contributed by atoms with E-state index >= 15 is 0 Å². The van der Waals surface area contributed by atoms with Crippen LogP contribution in [0.4, 0.5) is 0 Å². The molecule has 0 bridgehead atoms. The highest BCUT2D eigenvalue weighted by atomic mass is 31.2. The van der Waals surface area contributed by atoms with E-state index in [4.69, 9.17) is 10.3 Å². The maximum Gasteiger partial charge on any atom is 0.329 e. The van der Waals surface area contributed by atoms with Crippen LogP contribution in [0.2, 0.25) is 0 Å². The maximum absolute atomic E-state index is 11.4. The van der Waals surface area contributed by atoms with Crippen LogP contribution in [0.25, 0.3) is 0 Å². The fourth-order valence-corrected chi connectivity index (χ4v) is 2.11. The monoisotopic (exact) mass is 224 g/mol. The second-order valence-corrected chi connectivity index (χ2v) is 5.16. The Kier molecular flexibility index (Phi) is 7.41. The van der Waals surface area contributed by atoms with Crippen molar-refractivity contribution >= 4 is 7.60 Å². The van der Waals surface area contributed by atoms with Gasteiger partial charge in [-0.15, -0.1) is 0 Å². The fourth-order valence-electron chi connectivity index (χ4n) is 0.856. The Labute approximate surface area is 85.6 Å². The summed E-state index contributed by atoms with van der Waals surface area (Å²) in [6, 6.07) is 0. The van der Waals surface area contributed by atoms with E-state index in [2.05, 4.69) is 5.32 Å². The molecule has 0 aromatic rings. The number of hydrogen-bond donors (Lipinski definition) is 3. The van der Waals surface area contributed by atoms with Gasteiger partial charge in [0.05, 0.1) is 12.3 Å². The first-order chi connectivity index (χ1) is 6.52. The minimum atomic E-state index is -3.41. The molecule has 0 amide bonds. The molecule has 0 aromatic heterocycles. The van der Waals surface area contributed by atoms with Gasteiger partial charge in [0.15, 0.2) is 0 Å². The molecule has 0 radical (unpaired) electrons. The van der Waals surface area contributed by atoms with Crippen LogP contribution >= 0.6 is 7.60 Å². The lowest BCUT2D eigenvalue weighted by molar-refractivity contribution is 0.185. The molecule has 86 valence electrons. The van der Waals surface area contributed by atoms with Crippen molar-refractivity contribution in [3.05, 3.63) is 0 Å². The molecular formula is C8H21N2O3P. The summed E-state index contributed by atoms with van der Waals surface area (Å²) in [7, 11) is -3.41. The maximum atomic E-state index is 11.4. The summed E-state index contributed by atoms with van der Waals surface area (Å²) in [6.45, 7) is 5.35. The molecule has 0 fully saturated rings. The van der Waals surface area contributed by atoms with Crippen molar-refractivity contribution in [2.45, 2.75) is 26.4 Å². The zero-order valence-corrected chi connectivity index (χ0v) is 9.80. The van der Waals surface area contributed by atoms with Gasteiger partial charge in [0, 0.05) is 19.6 Å². The molecular weight excluding hydrogens is 203 g/mol. The van der Waals surface area contributed by atoms with Crippen LogP contribution in [-0.4, -0.2) is 36.8 Å². The molecule has 5 nitrogen and oxygen atoms in total. The average molecular weight is 224 g/mol. The van der Waals surface area contributed by atoms with Gasteiger partial charge in [-0.3, -0.25) is 4.57 Å². The summed E-state index contributed by atoms with van der Waals surface area (Å²) < 4.78 is 16.4. The number of nitrogens with two attached hydrogens (primary N) is 1. The first-order valence-electron chi connectivity index (χ1n) is 4.93. The van der Waals surface area contributed by atoms with E-state index in [-0.39, 0.29) is 12.3 Å². The number of rotatable bonds is 8. The van der Waals surface area contributed by atoms with E-state index in [1.165, 1.54) is 0 Å². The Balaban J connectivity index is 3.66. The summed E-state index contributed by atoms with van der Waals surface area (Å²) in [5.41, 5.74) is 5.26. The molecule has 0 aromatic carbocycles. The lowest BCUT2D eigenvalue weighted by atomic mass is 10.3. The lowest BCUT2D eigenvalue weighted by Gasteiger charge is -2.16. The van der Waals surface area contributed by atoms with Crippen molar-refractivity contribution in [3.8, 4) is 0 Å². The highest BCUT2D eigenvalue weighted by molar-refractivity contribution is 7.52. The average Bonchev–Trinajstić information content (AvgIpc) is 2.12. The highest BCUT2D eigenvalue weighted by Crippen LogP contribution is 2.42. The Morgan fingerprint density at radius 2 is 2.21 bits per heavy atom. The van der Waals surface area contributed by atoms with Crippen molar-refractivity contribution in [2.75, 3.05) is 25.8 Å². The summed E-state index contributed by atoms with van der Waals surface area (Å²) in [5.74, 6) is 0. The summed E-state index contributed by atoms with van der Waals surface area (Å²) >= 11 is 0. The standard InChI is InChI=1S/C8H21N2O3P/c1-3-8(2)13-14(11,12)7-6-10-5-4-9/h8,10H,3-7,9H2,1-2H3,(H,11,12). The molecule has 0 spiro atoms. The van der Waals surface area contributed by atoms with Crippen LogP contribution in [-0.2, 0) is 9.09 Å². The third-order valence-electron chi connectivity index (χ3n) is 1.81. The Morgan fingerprint density at radius 3 is 2.71 bits per heavy atom. The molecule has 0 saturated carbocycles. The van der Waals surface area contributed by atoms with Gasteiger partial charge in [-0.25, -0.2) is 0 Å². The number of nitrogens with one attached hydrogen (secondary N) is 1. The van der Waals surface area contributed by atoms with Crippen molar-refractivity contribution in [3.63, 3.8) is 0 Å². The van der Waals surface area contributed by atoms with Crippen molar-refractivity contribution in [1.29, 1.82) is 0 Å². The van der Waals surface area contributed by atoms with Gasteiger partial charge < -0.3 is 20.5 Å². The van der Waals surface area contributed by atoms with Gasteiger partial charge in [-0.2, -0.15) is 0 Å². The Morgan fingerprint density at radius 1 is 1.57 bits per heavy atom. The molecule has 0 aliphatic heterocycles. The van der Waals surface area contributed by atoms with E-state index in [9.17, 15) is 9.46 Å².